The van der Waals surface area contributed by atoms with E-state index in [0.29, 0.717) is 5.56 Å². The number of rotatable bonds is 4. The summed E-state index contributed by atoms with van der Waals surface area (Å²) in [7, 11) is 0. The number of carbonyl (C=O) groups is 2. The van der Waals surface area contributed by atoms with Crippen LogP contribution < -0.4 is 11.1 Å². The number of nitrogens with one attached hydrogen (secondary N) is 1. The molecule has 0 spiro atoms. The first-order chi connectivity index (χ1) is 9.18. The summed E-state index contributed by atoms with van der Waals surface area (Å²) in [5, 5.41) is 2.76. The second-order valence-electron chi connectivity index (χ2n) is 4.99. The van der Waals surface area contributed by atoms with Crippen molar-refractivity contribution in [2.75, 3.05) is 0 Å². The fourth-order valence-corrected chi connectivity index (χ4v) is 2.62. The first-order valence-electron chi connectivity index (χ1n) is 6.68. The Morgan fingerprint density at radius 2 is 1.84 bits per heavy atom. The molecule has 1 fully saturated rings. The van der Waals surface area contributed by atoms with Crippen LogP contribution in [0.2, 0.25) is 0 Å². The molecule has 102 valence electrons. The number of hydrogen-bond donors (Lipinski definition) is 2. The summed E-state index contributed by atoms with van der Waals surface area (Å²) in [5.41, 5.74) is 5.93. The summed E-state index contributed by atoms with van der Waals surface area (Å²) in [6.45, 7) is 0. The highest BCUT2D eigenvalue weighted by molar-refractivity contribution is 5.97. The van der Waals surface area contributed by atoms with Gasteiger partial charge in [0.25, 0.3) is 5.91 Å². The highest BCUT2D eigenvalue weighted by Crippen LogP contribution is 2.26. The van der Waals surface area contributed by atoms with Gasteiger partial charge in [0.05, 0.1) is 0 Å². The van der Waals surface area contributed by atoms with E-state index in [2.05, 4.69) is 10.3 Å². The van der Waals surface area contributed by atoms with Crippen LogP contribution >= 0.6 is 0 Å². The van der Waals surface area contributed by atoms with Crippen LogP contribution in [0.15, 0.2) is 24.5 Å². The molecule has 0 saturated heterocycles. The number of carbonyl (C=O) groups excluding carboxylic acids is 2. The van der Waals surface area contributed by atoms with Crippen molar-refractivity contribution in [1.82, 2.24) is 10.3 Å². The third-order valence-electron chi connectivity index (χ3n) is 3.66. The molecule has 5 heteroatoms. The Balaban J connectivity index is 2.04. The van der Waals surface area contributed by atoms with Crippen molar-refractivity contribution in [3.8, 4) is 0 Å². The lowest BCUT2D eigenvalue weighted by atomic mass is 9.83. The van der Waals surface area contributed by atoms with Crippen molar-refractivity contribution < 1.29 is 9.59 Å². The highest BCUT2D eigenvalue weighted by Gasteiger charge is 2.29. The number of aromatic nitrogens is 1. The summed E-state index contributed by atoms with van der Waals surface area (Å²) in [5.74, 6) is -0.553. The number of pyridine rings is 1. The van der Waals surface area contributed by atoms with Gasteiger partial charge in [-0.15, -0.1) is 0 Å². The maximum Gasteiger partial charge on any atom is 0.252 e. The molecule has 19 heavy (non-hydrogen) atoms. The zero-order valence-electron chi connectivity index (χ0n) is 10.8. The van der Waals surface area contributed by atoms with E-state index >= 15 is 0 Å². The maximum atomic E-state index is 12.1. The first-order valence-corrected chi connectivity index (χ1v) is 6.68. The number of primary amides is 1. The van der Waals surface area contributed by atoms with Crippen molar-refractivity contribution in [1.29, 1.82) is 0 Å². The average Bonchev–Trinajstić information content (AvgIpc) is 2.46. The molecule has 1 saturated carbocycles. The van der Waals surface area contributed by atoms with Gasteiger partial charge in [-0.25, -0.2) is 0 Å². The molecule has 2 rings (SSSR count). The zero-order chi connectivity index (χ0) is 13.7. The molecule has 1 aromatic heterocycles. The van der Waals surface area contributed by atoms with Crippen LogP contribution in [0.4, 0.5) is 0 Å². The van der Waals surface area contributed by atoms with Crippen LogP contribution in [0.25, 0.3) is 0 Å². The Bertz CT molecular complexity index is 441. The Hall–Kier alpha value is -1.91. The fraction of sp³-hybridized carbons (Fsp3) is 0.500. The van der Waals surface area contributed by atoms with Crippen molar-refractivity contribution in [3.63, 3.8) is 0 Å². The molecular formula is C14H19N3O2. The van der Waals surface area contributed by atoms with E-state index in [1.54, 1.807) is 24.5 Å². The van der Waals surface area contributed by atoms with Crippen molar-refractivity contribution in [2.45, 2.75) is 38.1 Å². The predicted molar refractivity (Wildman–Crippen MR) is 71.3 cm³/mol. The van der Waals surface area contributed by atoms with Gasteiger partial charge in [-0.2, -0.15) is 0 Å². The second kappa shape index (κ2) is 6.31. The van der Waals surface area contributed by atoms with Gasteiger partial charge in [0.1, 0.15) is 6.04 Å². The number of amides is 2. The first kappa shape index (κ1) is 13.5. The quantitative estimate of drug-likeness (QED) is 0.855. The van der Waals surface area contributed by atoms with Crippen LogP contribution in [-0.4, -0.2) is 22.8 Å². The van der Waals surface area contributed by atoms with Crippen LogP contribution in [0.1, 0.15) is 42.5 Å². The van der Waals surface area contributed by atoms with Crippen LogP contribution in [0, 0.1) is 5.92 Å². The third kappa shape index (κ3) is 3.53. The Morgan fingerprint density at radius 3 is 2.42 bits per heavy atom. The molecule has 1 atom stereocenters. The Labute approximate surface area is 112 Å². The van der Waals surface area contributed by atoms with Gasteiger partial charge in [-0.05, 0) is 30.9 Å². The summed E-state index contributed by atoms with van der Waals surface area (Å²) in [6.07, 6.45) is 8.39. The van der Waals surface area contributed by atoms with E-state index in [0.717, 1.165) is 25.7 Å². The normalized spacial score (nSPS) is 17.7. The Morgan fingerprint density at radius 1 is 1.21 bits per heavy atom. The zero-order valence-corrected chi connectivity index (χ0v) is 10.8. The monoisotopic (exact) mass is 261 g/mol. The molecule has 5 nitrogen and oxygen atoms in total. The second-order valence-corrected chi connectivity index (χ2v) is 4.99. The van der Waals surface area contributed by atoms with Crippen molar-refractivity contribution in [3.05, 3.63) is 30.1 Å². The molecule has 2 amide bonds. The molecule has 3 N–H and O–H groups in total. The van der Waals surface area contributed by atoms with Crippen LogP contribution in [-0.2, 0) is 4.79 Å². The third-order valence-corrected chi connectivity index (χ3v) is 3.66. The lowest BCUT2D eigenvalue weighted by Gasteiger charge is -2.28. The van der Waals surface area contributed by atoms with Gasteiger partial charge in [-0.1, -0.05) is 19.3 Å². The van der Waals surface area contributed by atoms with Gasteiger partial charge in [0.2, 0.25) is 5.91 Å². The van der Waals surface area contributed by atoms with Gasteiger partial charge in [-0.3, -0.25) is 14.6 Å². The molecule has 0 aliphatic heterocycles. The van der Waals surface area contributed by atoms with E-state index in [-0.39, 0.29) is 11.8 Å². The lowest BCUT2D eigenvalue weighted by Crippen LogP contribution is -2.49. The summed E-state index contributed by atoms with van der Waals surface area (Å²) in [4.78, 5) is 27.5. The van der Waals surface area contributed by atoms with E-state index in [9.17, 15) is 9.59 Å². The Kier molecular flexibility index (Phi) is 4.49. The highest BCUT2D eigenvalue weighted by atomic mass is 16.2. The largest absolute Gasteiger partial charge is 0.368 e. The van der Waals surface area contributed by atoms with Crippen molar-refractivity contribution in [2.24, 2.45) is 11.7 Å². The molecule has 1 heterocycles. The molecule has 1 aromatic rings. The summed E-state index contributed by atoms with van der Waals surface area (Å²) >= 11 is 0. The molecule has 0 bridgehead atoms. The van der Waals surface area contributed by atoms with E-state index in [1.807, 2.05) is 0 Å². The van der Waals surface area contributed by atoms with Crippen molar-refractivity contribution >= 4 is 11.8 Å². The summed E-state index contributed by atoms with van der Waals surface area (Å²) in [6, 6.07) is 2.67. The average molecular weight is 261 g/mol. The minimum absolute atomic E-state index is 0.164. The molecule has 1 aliphatic rings. The van der Waals surface area contributed by atoms with Gasteiger partial charge >= 0.3 is 0 Å². The van der Waals surface area contributed by atoms with Crippen LogP contribution in [0.3, 0.4) is 0 Å². The van der Waals surface area contributed by atoms with E-state index in [4.69, 9.17) is 5.73 Å². The molecule has 0 radical (unpaired) electrons. The van der Waals surface area contributed by atoms with E-state index in [1.165, 1.54) is 6.42 Å². The predicted octanol–water partition coefficient (Wildman–Crippen LogP) is 1.25. The van der Waals surface area contributed by atoms with E-state index < -0.39 is 11.9 Å². The van der Waals surface area contributed by atoms with Gasteiger partial charge in [0.15, 0.2) is 0 Å². The lowest BCUT2D eigenvalue weighted by molar-refractivity contribution is -0.121. The minimum Gasteiger partial charge on any atom is -0.368 e. The van der Waals surface area contributed by atoms with Gasteiger partial charge < -0.3 is 11.1 Å². The minimum atomic E-state index is -0.569. The van der Waals surface area contributed by atoms with Crippen LogP contribution in [0.5, 0.6) is 0 Å². The smallest absolute Gasteiger partial charge is 0.252 e. The summed E-state index contributed by atoms with van der Waals surface area (Å²) < 4.78 is 0. The topological polar surface area (TPSA) is 85.1 Å². The molecule has 1 aliphatic carbocycles. The SMILES string of the molecule is NC(=O)[C@H](NC(=O)c1ccncc1)C1CCCCC1. The number of nitrogens with zero attached hydrogens (tertiary/aromatic N) is 1. The van der Waals surface area contributed by atoms with Gasteiger partial charge in [0, 0.05) is 18.0 Å². The fourth-order valence-electron chi connectivity index (χ4n) is 2.62. The standard InChI is InChI=1S/C14H19N3O2/c15-13(18)12(10-4-2-1-3-5-10)17-14(19)11-6-8-16-9-7-11/h6-10,12H,1-5H2,(H2,15,18)(H,17,19)/t12-/m1/s1. The molecule has 0 unspecified atom stereocenters. The molecule has 0 aromatic carbocycles. The number of hydrogen-bond acceptors (Lipinski definition) is 3. The maximum absolute atomic E-state index is 12.1. The number of nitrogens with two attached hydrogens (primary N) is 1. The molecular weight excluding hydrogens is 242 g/mol.